The van der Waals surface area contributed by atoms with Gasteiger partial charge in [-0.2, -0.15) is 25.2 Å². The van der Waals surface area contributed by atoms with Crippen LogP contribution in [0.2, 0.25) is 0 Å². The number of para-hydroxylation sites is 1. The summed E-state index contributed by atoms with van der Waals surface area (Å²) in [4.78, 5) is 17.0. The maximum absolute atomic E-state index is 13.6. The molecule has 3 heterocycles. The summed E-state index contributed by atoms with van der Waals surface area (Å²) in [6.45, 7) is 1.54. The van der Waals surface area contributed by atoms with Gasteiger partial charge in [-0.15, -0.1) is 0 Å². The van der Waals surface area contributed by atoms with Gasteiger partial charge in [-0.1, -0.05) is 30.3 Å². The highest BCUT2D eigenvalue weighted by molar-refractivity contribution is 5.98. The van der Waals surface area contributed by atoms with Crippen LogP contribution >= 0.6 is 0 Å². The fourth-order valence-corrected chi connectivity index (χ4v) is 4.00. The molecule has 1 fully saturated rings. The van der Waals surface area contributed by atoms with E-state index in [1.165, 1.54) is 4.80 Å². The van der Waals surface area contributed by atoms with Crippen LogP contribution < -0.4 is 0 Å². The highest BCUT2D eigenvalue weighted by Crippen LogP contribution is 2.23. The smallest absolute Gasteiger partial charge is 0.256 e. The van der Waals surface area contributed by atoms with E-state index in [9.17, 15) is 4.79 Å². The molecule has 1 aliphatic heterocycles. The molecule has 2 aromatic heterocycles. The Morgan fingerprint density at radius 1 is 1.00 bits per heavy atom. The molecular formula is C24H22N6O2. The molecule has 8 nitrogen and oxygen atoms in total. The topological polar surface area (TPSA) is 86.0 Å². The van der Waals surface area contributed by atoms with E-state index in [1.807, 2.05) is 53.4 Å². The molecule has 8 heteroatoms. The maximum atomic E-state index is 13.6. The summed E-state index contributed by atoms with van der Waals surface area (Å²) >= 11 is 0. The average Bonchev–Trinajstić information content (AvgIpc) is 3.40. The van der Waals surface area contributed by atoms with Crippen molar-refractivity contribution >= 4 is 5.91 Å². The van der Waals surface area contributed by atoms with E-state index in [0.29, 0.717) is 37.4 Å². The third-order valence-electron chi connectivity index (χ3n) is 5.52. The summed E-state index contributed by atoms with van der Waals surface area (Å²) in [7, 11) is 0. The highest BCUT2D eigenvalue weighted by atomic mass is 16.5. The van der Waals surface area contributed by atoms with Crippen molar-refractivity contribution in [3.8, 4) is 16.9 Å². The van der Waals surface area contributed by atoms with Crippen LogP contribution in [0.4, 0.5) is 0 Å². The number of ether oxygens (including phenoxy) is 1. The molecule has 0 unspecified atom stereocenters. The van der Waals surface area contributed by atoms with E-state index >= 15 is 0 Å². The van der Waals surface area contributed by atoms with Crippen LogP contribution in [0.3, 0.4) is 0 Å². The number of carbonyl (C=O) groups is 1. The molecular weight excluding hydrogens is 404 g/mol. The molecule has 0 aliphatic carbocycles. The second kappa shape index (κ2) is 9.07. The highest BCUT2D eigenvalue weighted by Gasteiger charge is 2.30. The average molecular weight is 426 g/mol. The maximum Gasteiger partial charge on any atom is 0.256 e. The van der Waals surface area contributed by atoms with Crippen LogP contribution in [0, 0.1) is 0 Å². The second-order valence-corrected chi connectivity index (χ2v) is 7.58. The number of benzene rings is 2. The summed E-state index contributed by atoms with van der Waals surface area (Å²) in [6, 6.07) is 19.3. The Labute approximate surface area is 185 Å². The molecule has 1 amide bonds. The second-order valence-electron chi connectivity index (χ2n) is 7.58. The number of hydrogen-bond acceptors (Lipinski definition) is 6. The third kappa shape index (κ3) is 4.13. The minimum absolute atomic E-state index is 0.0451. The summed E-state index contributed by atoms with van der Waals surface area (Å²) in [5.74, 6) is -0.0451. The molecule has 0 bridgehead atoms. The predicted octanol–water partition coefficient (Wildman–Crippen LogP) is 2.81. The molecule has 0 N–H and O–H groups in total. The molecule has 1 aliphatic rings. The summed E-state index contributed by atoms with van der Waals surface area (Å²) in [5, 5.41) is 16.6. The van der Waals surface area contributed by atoms with Crippen molar-refractivity contribution in [1.82, 2.24) is 30.1 Å². The van der Waals surface area contributed by atoms with Gasteiger partial charge in [0.25, 0.3) is 5.91 Å². The van der Waals surface area contributed by atoms with Crippen LogP contribution in [0.1, 0.15) is 15.9 Å². The van der Waals surface area contributed by atoms with Crippen molar-refractivity contribution in [2.24, 2.45) is 0 Å². The number of aromatic nitrogens is 5. The number of hydrogen-bond donors (Lipinski definition) is 0. The SMILES string of the molecule is O=C(c1ccccc1-n1nccn1)N1CCOC[C@H]1Cc1cccc(-c2cccnn2)c1. The first-order chi connectivity index (χ1) is 15.8. The molecule has 0 saturated carbocycles. The van der Waals surface area contributed by atoms with Crippen LogP contribution in [-0.2, 0) is 11.2 Å². The van der Waals surface area contributed by atoms with Crippen LogP contribution in [0.5, 0.6) is 0 Å². The Hall–Kier alpha value is -3.91. The monoisotopic (exact) mass is 426 g/mol. The van der Waals surface area contributed by atoms with Crippen molar-refractivity contribution in [2.75, 3.05) is 19.8 Å². The zero-order valence-corrected chi connectivity index (χ0v) is 17.4. The predicted molar refractivity (Wildman–Crippen MR) is 118 cm³/mol. The summed E-state index contributed by atoms with van der Waals surface area (Å²) < 4.78 is 5.74. The molecule has 1 saturated heterocycles. The van der Waals surface area contributed by atoms with Gasteiger partial charge >= 0.3 is 0 Å². The van der Waals surface area contributed by atoms with Crippen LogP contribution in [0.15, 0.2) is 79.3 Å². The zero-order chi connectivity index (χ0) is 21.8. The van der Waals surface area contributed by atoms with Gasteiger partial charge in [0, 0.05) is 18.3 Å². The summed E-state index contributed by atoms with van der Waals surface area (Å²) in [6.07, 6.45) is 5.54. The molecule has 32 heavy (non-hydrogen) atoms. The molecule has 160 valence electrons. The van der Waals surface area contributed by atoms with Gasteiger partial charge in [-0.05, 0) is 42.3 Å². The van der Waals surface area contributed by atoms with Gasteiger partial charge in [0.15, 0.2) is 0 Å². The lowest BCUT2D eigenvalue weighted by atomic mass is 10.00. The van der Waals surface area contributed by atoms with Crippen LogP contribution in [0.25, 0.3) is 16.9 Å². The minimum atomic E-state index is -0.0769. The van der Waals surface area contributed by atoms with Crippen molar-refractivity contribution < 1.29 is 9.53 Å². The van der Waals surface area contributed by atoms with E-state index in [4.69, 9.17) is 4.74 Å². The van der Waals surface area contributed by atoms with Gasteiger partial charge in [0.2, 0.25) is 0 Å². The first-order valence-corrected chi connectivity index (χ1v) is 10.5. The van der Waals surface area contributed by atoms with Crippen molar-refractivity contribution in [3.05, 3.63) is 90.4 Å². The fourth-order valence-electron chi connectivity index (χ4n) is 4.00. The normalized spacial score (nSPS) is 16.1. The number of morpholine rings is 1. The van der Waals surface area contributed by atoms with Gasteiger partial charge in [-0.3, -0.25) is 4.79 Å². The largest absolute Gasteiger partial charge is 0.377 e. The van der Waals surface area contributed by atoms with Gasteiger partial charge in [0.1, 0.15) is 0 Å². The van der Waals surface area contributed by atoms with E-state index in [1.54, 1.807) is 18.6 Å². The Morgan fingerprint density at radius 3 is 2.72 bits per heavy atom. The molecule has 4 aromatic rings. The first kappa shape index (κ1) is 20.0. The number of carbonyl (C=O) groups excluding carboxylic acids is 1. The van der Waals surface area contributed by atoms with Crippen molar-refractivity contribution in [1.29, 1.82) is 0 Å². The Balaban J connectivity index is 1.41. The van der Waals surface area contributed by atoms with E-state index in [2.05, 4.69) is 32.5 Å². The zero-order valence-electron chi connectivity index (χ0n) is 17.4. The number of amides is 1. The molecule has 1 atom stereocenters. The standard InChI is InChI=1S/C24H22N6O2/c31-24(21-7-1-2-9-23(21)30-26-11-12-27-30)29-13-14-32-17-20(29)16-18-5-3-6-19(15-18)22-8-4-10-25-28-22/h1-12,15,20H,13-14,16-17H2/t20-/m1/s1. The Morgan fingerprint density at radius 2 is 1.88 bits per heavy atom. The Bertz CT molecular complexity index is 1200. The van der Waals surface area contributed by atoms with Gasteiger partial charge in [-0.25, -0.2) is 0 Å². The van der Waals surface area contributed by atoms with Crippen molar-refractivity contribution in [2.45, 2.75) is 12.5 Å². The lowest BCUT2D eigenvalue weighted by molar-refractivity contribution is -0.00164. The van der Waals surface area contributed by atoms with E-state index < -0.39 is 0 Å². The Kier molecular flexibility index (Phi) is 5.67. The van der Waals surface area contributed by atoms with Crippen molar-refractivity contribution in [3.63, 3.8) is 0 Å². The lowest BCUT2D eigenvalue weighted by Crippen LogP contribution is -2.50. The quantitative estimate of drug-likeness (QED) is 0.488. The third-order valence-corrected chi connectivity index (χ3v) is 5.52. The molecule has 0 spiro atoms. The molecule has 0 radical (unpaired) electrons. The van der Waals surface area contributed by atoms with Gasteiger partial charge in [0.05, 0.1) is 48.6 Å². The molecule has 2 aromatic carbocycles. The lowest BCUT2D eigenvalue weighted by Gasteiger charge is -2.36. The van der Waals surface area contributed by atoms with Gasteiger partial charge < -0.3 is 9.64 Å². The molecule has 5 rings (SSSR count). The van der Waals surface area contributed by atoms with Crippen LogP contribution in [-0.4, -0.2) is 61.8 Å². The number of rotatable bonds is 5. The summed E-state index contributed by atoms with van der Waals surface area (Å²) in [5.41, 5.74) is 4.17. The van der Waals surface area contributed by atoms with E-state index in [-0.39, 0.29) is 11.9 Å². The number of nitrogens with zero attached hydrogens (tertiary/aromatic N) is 6. The minimum Gasteiger partial charge on any atom is -0.377 e. The van der Waals surface area contributed by atoms with E-state index in [0.717, 1.165) is 16.8 Å². The fraction of sp³-hybridized carbons (Fsp3) is 0.208. The first-order valence-electron chi connectivity index (χ1n) is 10.5.